The number of methoxy groups -OCH3 is 1. The Bertz CT molecular complexity index is 546. The Hall–Kier alpha value is -1.55. The topological polar surface area (TPSA) is 61.3 Å². The van der Waals surface area contributed by atoms with Gasteiger partial charge in [0.2, 0.25) is 0 Å². The first-order chi connectivity index (χ1) is 9.04. The van der Waals surface area contributed by atoms with Crippen LogP contribution < -0.4 is 10.5 Å². The maximum absolute atomic E-state index is 5.74. The molecule has 0 fully saturated rings. The summed E-state index contributed by atoms with van der Waals surface area (Å²) < 4.78 is 10.9. The van der Waals surface area contributed by atoms with E-state index in [-0.39, 0.29) is 5.41 Å². The zero-order valence-electron chi connectivity index (χ0n) is 11.9. The van der Waals surface area contributed by atoms with Gasteiger partial charge in [0.05, 0.1) is 7.11 Å². The molecule has 2 rings (SSSR count). The van der Waals surface area contributed by atoms with Crippen LogP contribution in [-0.2, 0) is 6.42 Å². The van der Waals surface area contributed by atoms with E-state index in [0.29, 0.717) is 0 Å². The number of hydrogen-bond acceptors (Lipinski definition) is 4. The van der Waals surface area contributed by atoms with Crippen LogP contribution in [0.15, 0.2) is 22.6 Å². The summed E-state index contributed by atoms with van der Waals surface area (Å²) in [7, 11) is 1.65. The van der Waals surface area contributed by atoms with Crippen molar-refractivity contribution in [3.05, 3.63) is 24.1 Å². The van der Waals surface area contributed by atoms with Crippen LogP contribution in [0.4, 0.5) is 0 Å². The molecule has 0 atom stereocenters. The van der Waals surface area contributed by atoms with Gasteiger partial charge in [0.15, 0.2) is 11.5 Å². The van der Waals surface area contributed by atoms with Gasteiger partial charge in [-0.3, -0.25) is 0 Å². The number of hydrogen-bond donors (Lipinski definition) is 1. The Balaban J connectivity index is 2.09. The van der Waals surface area contributed by atoms with Crippen LogP contribution in [0.2, 0.25) is 0 Å². The Morgan fingerprint density at radius 2 is 2.11 bits per heavy atom. The summed E-state index contributed by atoms with van der Waals surface area (Å²) in [6.45, 7) is 5.18. The van der Waals surface area contributed by atoms with Gasteiger partial charge in [-0.15, -0.1) is 0 Å². The summed E-state index contributed by atoms with van der Waals surface area (Å²) >= 11 is 0. The zero-order valence-corrected chi connectivity index (χ0v) is 11.9. The fourth-order valence-electron chi connectivity index (χ4n) is 2.15. The molecule has 0 unspecified atom stereocenters. The summed E-state index contributed by atoms with van der Waals surface area (Å²) in [5.41, 5.74) is 7.52. The summed E-state index contributed by atoms with van der Waals surface area (Å²) in [6, 6.07) is 5.68. The third-order valence-electron chi connectivity index (χ3n) is 3.48. The van der Waals surface area contributed by atoms with Crippen LogP contribution >= 0.6 is 0 Å². The molecule has 2 N–H and O–H groups in total. The number of nitrogens with zero attached hydrogens (tertiary/aromatic N) is 1. The van der Waals surface area contributed by atoms with E-state index in [1.165, 1.54) is 0 Å². The molecule has 0 saturated heterocycles. The van der Waals surface area contributed by atoms with Crippen molar-refractivity contribution in [3.8, 4) is 5.75 Å². The fourth-order valence-corrected chi connectivity index (χ4v) is 2.15. The van der Waals surface area contributed by atoms with Crippen molar-refractivity contribution in [1.82, 2.24) is 4.98 Å². The standard InChI is InChI=1S/C15H22N2O2/c1-15(2,8-9-16)7-6-14-17-12-10-11(18-3)4-5-13(12)19-14/h4-5,10H,6-9,16H2,1-3H3. The van der Waals surface area contributed by atoms with Crippen LogP contribution in [0.5, 0.6) is 5.75 Å². The van der Waals surface area contributed by atoms with Gasteiger partial charge in [0.25, 0.3) is 0 Å². The Morgan fingerprint density at radius 1 is 1.32 bits per heavy atom. The van der Waals surface area contributed by atoms with E-state index in [4.69, 9.17) is 14.9 Å². The van der Waals surface area contributed by atoms with E-state index < -0.39 is 0 Å². The van der Waals surface area contributed by atoms with Crippen LogP contribution in [-0.4, -0.2) is 18.6 Å². The van der Waals surface area contributed by atoms with Crippen molar-refractivity contribution in [2.75, 3.05) is 13.7 Å². The van der Waals surface area contributed by atoms with Gasteiger partial charge >= 0.3 is 0 Å². The molecule has 4 heteroatoms. The largest absolute Gasteiger partial charge is 0.497 e. The predicted molar refractivity (Wildman–Crippen MR) is 76.3 cm³/mol. The average molecular weight is 262 g/mol. The Kier molecular flexibility index (Phi) is 4.10. The highest BCUT2D eigenvalue weighted by molar-refractivity contribution is 5.74. The number of nitrogens with two attached hydrogens (primary N) is 1. The SMILES string of the molecule is COc1ccc2oc(CCC(C)(C)CCN)nc2c1. The lowest BCUT2D eigenvalue weighted by Gasteiger charge is -2.22. The number of ether oxygens (including phenoxy) is 1. The summed E-state index contributed by atoms with van der Waals surface area (Å²) in [5, 5.41) is 0. The maximum Gasteiger partial charge on any atom is 0.195 e. The molecule has 104 valence electrons. The van der Waals surface area contributed by atoms with Crippen molar-refractivity contribution in [3.63, 3.8) is 0 Å². The van der Waals surface area contributed by atoms with Gasteiger partial charge < -0.3 is 14.9 Å². The van der Waals surface area contributed by atoms with E-state index in [1.54, 1.807) is 7.11 Å². The Morgan fingerprint density at radius 3 is 2.79 bits per heavy atom. The summed E-state index contributed by atoms with van der Waals surface area (Å²) in [6.07, 6.45) is 2.87. The molecule has 4 nitrogen and oxygen atoms in total. The molecule has 1 heterocycles. The molecule has 0 bridgehead atoms. The van der Waals surface area contributed by atoms with Gasteiger partial charge in [-0.05, 0) is 36.9 Å². The average Bonchev–Trinajstić information content (AvgIpc) is 2.78. The van der Waals surface area contributed by atoms with Crippen LogP contribution in [0, 0.1) is 5.41 Å². The lowest BCUT2D eigenvalue weighted by atomic mass is 9.84. The van der Waals surface area contributed by atoms with Crippen molar-refractivity contribution in [1.29, 1.82) is 0 Å². The first-order valence-corrected chi connectivity index (χ1v) is 6.67. The first-order valence-electron chi connectivity index (χ1n) is 6.67. The second-order valence-corrected chi connectivity index (χ2v) is 5.64. The molecular weight excluding hydrogens is 240 g/mol. The molecule has 0 radical (unpaired) electrons. The monoisotopic (exact) mass is 262 g/mol. The third-order valence-corrected chi connectivity index (χ3v) is 3.48. The second-order valence-electron chi connectivity index (χ2n) is 5.64. The second kappa shape index (κ2) is 5.61. The molecule has 0 aliphatic heterocycles. The van der Waals surface area contributed by atoms with Gasteiger partial charge in [-0.2, -0.15) is 0 Å². The third kappa shape index (κ3) is 3.47. The highest BCUT2D eigenvalue weighted by Gasteiger charge is 2.18. The number of rotatable bonds is 6. The molecule has 0 aliphatic rings. The number of benzene rings is 1. The van der Waals surface area contributed by atoms with Crippen LogP contribution in [0.1, 0.15) is 32.6 Å². The van der Waals surface area contributed by atoms with Gasteiger partial charge in [0.1, 0.15) is 11.3 Å². The molecule has 0 saturated carbocycles. The van der Waals surface area contributed by atoms with Crippen LogP contribution in [0.25, 0.3) is 11.1 Å². The van der Waals surface area contributed by atoms with Gasteiger partial charge in [-0.1, -0.05) is 13.8 Å². The van der Waals surface area contributed by atoms with Crippen LogP contribution in [0.3, 0.4) is 0 Å². The molecule has 1 aromatic heterocycles. The minimum Gasteiger partial charge on any atom is -0.497 e. The van der Waals surface area contributed by atoms with E-state index in [9.17, 15) is 0 Å². The highest BCUT2D eigenvalue weighted by atomic mass is 16.5. The molecule has 19 heavy (non-hydrogen) atoms. The smallest absolute Gasteiger partial charge is 0.195 e. The Labute approximate surface area is 114 Å². The minimum atomic E-state index is 0.229. The lowest BCUT2D eigenvalue weighted by molar-refractivity contribution is 0.302. The molecule has 0 spiro atoms. The van der Waals surface area contributed by atoms with Crippen molar-refractivity contribution >= 4 is 11.1 Å². The van der Waals surface area contributed by atoms with Gasteiger partial charge in [-0.25, -0.2) is 4.98 Å². The maximum atomic E-state index is 5.74. The fraction of sp³-hybridized carbons (Fsp3) is 0.533. The van der Waals surface area contributed by atoms with Gasteiger partial charge in [0, 0.05) is 12.5 Å². The number of aryl methyl sites for hydroxylation is 1. The predicted octanol–water partition coefficient (Wildman–Crippen LogP) is 3.14. The minimum absolute atomic E-state index is 0.229. The molecule has 1 aromatic carbocycles. The van der Waals surface area contributed by atoms with Crippen molar-refractivity contribution in [2.24, 2.45) is 11.1 Å². The van der Waals surface area contributed by atoms with Crippen molar-refractivity contribution in [2.45, 2.75) is 33.1 Å². The lowest BCUT2D eigenvalue weighted by Crippen LogP contribution is -2.17. The van der Waals surface area contributed by atoms with E-state index in [1.807, 2.05) is 18.2 Å². The molecular formula is C15H22N2O2. The zero-order chi connectivity index (χ0) is 13.9. The molecule has 0 amide bonds. The molecule has 0 aliphatic carbocycles. The van der Waals surface area contributed by atoms with E-state index in [2.05, 4.69) is 18.8 Å². The quantitative estimate of drug-likeness (QED) is 0.868. The normalized spacial score (nSPS) is 12.0. The number of aromatic nitrogens is 1. The summed E-state index contributed by atoms with van der Waals surface area (Å²) in [5.74, 6) is 1.59. The van der Waals surface area contributed by atoms with E-state index in [0.717, 1.165) is 48.5 Å². The number of oxazole rings is 1. The number of fused-ring (bicyclic) bond motifs is 1. The molecule has 2 aromatic rings. The van der Waals surface area contributed by atoms with Crippen molar-refractivity contribution < 1.29 is 9.15 Å². The highest BCUT2D eigenvalue weighted by Crippen LogP contribution is 2.27. The first kappa shape index (κ1) is 13.9. The van der Waals surface area contributed by atoms with E-state index >= 15 is 0 Å². The summed E-state index contributed by atoms with van der Waals surface area (Å²) in [4.78, 5) is 4.51.